The van der Waals surface area contributed by atoms with E-state index in [0.717, 1.165) is 25.7 Å². The normalized spacial score (nSPS) is 10.7. The van der Waals surface area contributed by atoms with Gasteiger partial charge in [0.2, 0.25) is 0 Å². The molecule has 7 nitrogen and oxygen atoms in total. The van der Waals surface area contributed by atoms with Crippen molar-refractivity contribution in [3.8, 4) is 0 Å². The lowest BCUT2D eigenvalue weighted by Crippen LogP contribution is -2.35. The highest BCUT2D eigenvalue weighted by atomic mass is 35.5. The predicted octanol–water partition coefficient (Wildman–Crippen LogP) is 2.10. The molecule has 1 aromatic rings. The van der Waals surface area contributed by atoms with Gasteiger partial charge < -0.3 is 10.2 Å². The molecule has 1 N–H and O–H groups in total. The van der Waals surface area contributed by atoms with Crippen LogP contribution < -0.4 is 5.32 Å². The Morgan fingerprint density at radius 1 is 1.48 bits per heavy atom. The number of pyridine rings is 1. The zero-order valence-corrected chi connectivity index (χ0v) is 12.9. The number of rotatable bonds is 8. The van der Waals surface area contributed by atoms with Gasteiger partial charge in [-0.2, -0.15) is 0 Å². The summed E-state index contributed by atoms with van der Waals surface area (Å²) in [6.45, 7) is 7.10. The van der Waals surface area contributed by atoms with E-state index in [4.69, 9.17) is 11.6 Å². The lowest BCUT2D eigenvalue weighted by atomic mass is 10.2. The Balaban J connectivity index is 2.67. The fourth-order valence-corrected chi connectivity index (χ4v) is 2.07. The maximum Gasteiger partial charge on any atom is 0.300 e. The molecule has 0 aromatic carbocycles. The van der Waals surface area contributed by atoms with Crippen molar-refractivity contribution in [1.82, 2.24) is 15.2 Å². The van der Waals surface area contributed by atoms with Crippen LogP contribution in [0.25, 0.3) is 0 Å². The summed E-state index contributed by atoms with van der Waals surface area (Å²) < 4.78 is 0. The van der Waals surface area contributed by atoms with Gasteiger partial charge in [-0.3, -0.25) is 14.9 Å². The topological polar surface area (TPSA) is 88.4 Å². The second-order valence-corrected chi connectivity index (χ2v) is 4.86. The first kappa shape index (κ1) is 17.3. The van der Waals surface area contributed by atoms with Crippen LogP contribution in [0.1, 0.15) is 30.6 Å². The third-order valence-corrected chi connectivity index (χ3v) is 3.20. The van der Waals surface area contributed by atoms with Gasteiger partial charge in [-0.25, -0.2) is 4.98 Å². The third kappa shape index (κ3) is 5.28. The Labute approximate surface area is 128 Å². The van der Waals surface area contributed by atoms with Crippen LogP contribution >= 0.6 is 11.6 Å². The van der Waals surface area contributed by atoms with Crippen molar-refractivity contribution in [3.63, 3.8) is 0 Å². The van der Waals surface area contributed by atoms with E-state index in [1.807, 2.05) is 6.92 Å². The van der Waals surface area contributed by atoms with Crippen LogP contribution in [0.2, 0.25) is 5.15 Å². The molecule has 0 saturated carbocycles. The van der Waals surface area contributed by atoms with E-state index < -0.39 is 10.8 Å². The monoisotopic (exact) mass is 314 g/mol. The molecule has 1 heterocycles. The second-order valence-electron chi connectivity index (χ2n) is 4.47. The van der Waals surface area contributed by atoms with Crippen molar-refractivity contribution < 1.29 is 9.72 Å². The Kier molecular flexibility index (Phi) is 7.04. The molecular weight excluding hydrogens is 296 g/mol. The Morgan fingerprint density at radius 3 is 2.76 bits per heavy atom. The smallest absolute Gasteiger partial charge is 0.300 e. The number of hydrogen-bond donors (Lipinski definition) is 1. The van der Waals surface area contributed by atoms with Gasteiger partial charge in [0.15, 0.2) is 0 Å². The van der Waals surface area contributed by atoms with Crippen LogP contribution in [-0.4, -0.2) is 46.9 Å². The number of nitro groups is 1. The van der Waals surface area contributed by atoms with Crippen LogP contribution in [0, 0.1) is 10.1 Å². The number of carbonyl (C=O) groups excluding carboxylic acids is 1. The van der Waals surface area contributed by atoms with Crippen LogP contribution in [0.4, 0.5) is 5.69 Å². The number of nitrogens with zero attached hydrogens (tertiary/aromatic N) is 3. The molecule has 0 bridgehead atoms. The van der Waals surface area contributed by atoms with E-state index in [0.29, 0.717) is 13.1 Å². The van der Waals surface area contributed by atoms with Crippen molar-refractivity contribution in [2.24, 2.45) is 0 Å². The summed E-state index contributed by atoms with van der Waals surface area (Å²) in [6, 6.07) is 1.21. The van der Waals surface area contributed by atoms with E-state index >= 15 is 0 Å². The number of amides is 1. The fraction of sp³-hybridized carbons (Fsp3) is 0.538. The second kappa shape index (κ2) is 8.53. The van der Waals surface area contributed by atoms with Gasteiger partial charge in [-0.05, 0) is 25.6 Å². The lowest BCUT2D eigenvalue weighted by Gasteiger charge is -2.19. The van der Waals surface area contributed by atoms with Crippen LogP contribution in [0.5, 0.6) is 0 Å². The Morgan fingerprint density at radius 2 is 2.19 bits per heavy atom. The van der Waals surface area contributed by atoms with Crippen molar-refractivity contribution >= 4 is 23.2 Å². The van der Waals surface area contributed by atoms with Gasteiger partial charge in [0.25, 0.3) is 11.6 Å². The summed E-state index contributed by atoms with van der Waals surface area (Å²) in [5.41, 5.74) is -0.420. The van der Waals surface area contributed by atoms with Gasteiger partial charge in [0.1, 0.15) is 16.9 Å². The molecule has 1 rings (SSSR count). The summed E-state index contributed by atoms with van der Waals surface area (Å²) >= 11 is 5.69. The first-order chi connectivity index (χ1) is 9.99. The van der Waals surface area contributed by atoms with Crippen molar-refractivity contribution in [2.45, 2.75) is 20.3 Å². The Bertz CT molecular complexity index is 510. The highest BCUT2D eigenvalue weighted by Gasteiger charge is 2.21. The van der Waals surface area contributed by atoms with E-state index in [-0.39, 0.29) is 16.4 Å². The molecule has 1 amide bonds. The maximum absolute atomic E-state index is 12.0. The molecule has 0 atom stereocenters. The SMILES string of the molecule is CCCN(CC)CCNC(=O)c1cc(Cl)ncc1[N+](=O)[O-]. The molecule has 21 heavy (non-hydrogen) atoms. The number of likely N-dealkylation sites (N-methyl/N-ethyl adjacent to an activating group) is 1. The van der Waals surface area contributed by atoms with Crippen molar-refractivity contribution in [1.29, 1.82) is 0 Å². The first-order valence-electron chi connectivity index (χ1n) is 6.80. The zero-order valence-electron chi connectivity index (χ0n) is 12.1. The standard InChI is InChI=1S/C13H19ClN4O3/c1-3-6-17(4-2)7-5-15-13(19)10-8-12(14)16-9-11(10)18(20)21/h8-9H,3-7H2,1-2H3,(H,15,19). The minimum absolute atomic E-state index is 0.0481. The number of halogens is 1. The quantitative estimate of drug-likeness (QED) is 0.451. The number of carbonyl (C=O) groups is 1. The molecule has 0 aliphatic carbocycles. The summed E-state index contributed by atoms with van der Waals surface area (Å²) in [6.07, 6.45) is 2.03. The largest absolute Gasteiger partial charge is 0.351 e. The molecule has 8 heteroatoms. The molecule has 116 valence electrons. The zero-order chi connectivity index (χ0) is 15.8. The highest BCUT2D eigenvalue weighted by Crippen LogP contribution is 2.20. The highest BCUT2D eigenvalue weighted by molar-refractivity contribution is 6.29. The summed E-state index contributed by atoms with van der Waals surface area (Å²) in [7, 11) is 0. The summed E-state index contributed by atoms with van der Waals surface area (Å²) in [5, 5.41) is 13.6. The molecule has 0 fully saturated rings. The van der Waals surface area contributed by atoms with E-state index in [1.54, 1.807) is 0 Å². The third-order valence-electron chi connectivity index (χ3n) is 2.99. The number of hydrogen-bond acceptors (Lipinski definition) is 5. The Hall–Kier alpha value is -1.73. The van der Waals surface area contributed by atoms with Crippen LogP contribution in [-0.2, 0) is 0 Å². The summed E-state index contributed by atoms with van der Waals surface area (Å²) in [5.74, 6) is -0.515. The van der Waals surface area contributed by atoms with Gasteiger partial charge in [-0.15, -0.1) is 0 Å². The van der Waals surface area contributed by atoms with Crippen molar-refractivity contribution in [3.05, 3.63) is 33.1 Å². The number of nitrogens with one attached hydrogen (secondary N) is 1. The minimum Gasteiger partial charge on any atom is -0.351 e. The predicted molar refractivity (Wildman–Crippen MR) is 80.6 cm³/mol. The van der Waals surface area contributed by atoms with E-state index in [1.165, 1.54) is 6.07 Å². The number of aromatic nitrogens is 1. The molecule has 0 unspecified atom stereocenters. The molecule has 0 aliphatic heterocycles. The van der Waals surface area contributed by atoms with Gasteiger partial charge >= 0.3 is 0 Å². The minimum atomic E-state index is -0.645. The average molecular weight is 315 g/mol. The molecule has 0 spiro atoms. The molecule has 0 saturated heterocycles. The van der Waals surface area contributed by atoms with Gasteiger partial charge in [-0.1, -0.05) is 25.4 Å². The molecule has 0 radical (unpaired) electrons. The van der Waals surface area contributed by atoms with Crippen molar-refractivity contribution in [2.75, 3.05) is 26.2 Å². The van der Waals surface area contributed by atoms with Crippen LogP contribution in [0.15, 0.2) is 12.3 Å². The molecule has 1 aromatic heterocycles. The molecular formula is C13H19ClN4O3. The average Bonchev–Trinajstić information content (AvgIpc) is 2.45. The van der Waals surface area contributed by atoms with E-state index in [2.05, 4.69) is 22.1 Å². The molecule has 0 aliphatic rings. The van der Waals surface area contributed by atoms with Gasteiger partial charge in [0.05, 0.1) is 4.92 Å². The summed E-state index contributed by atoms with van der Waals surface area (Å²) in [4.78, 5) is 28.1. The van der Waals surface area contributed by atoms with E-state index in [9.17, 15) is 14.9 Å². The van der Waals surface area contributed by atoms with Crippen LogP contribution in [0.3, 0.4) is 0 Å². The fourth-order valence-electron chi connectivity index (χ4n) is 1.92. The maximum atomic E-state index is 12.0. The van der Waals surface area contributed by atoms with Gasteiger partial charge in [0, 0.05) is 13.1 Å². The lowest BCUT2D eigenvalue weighted by molar-refractivity contribution is -0.385. The first-order valence-corrected chi connectivity index (χ1v) is 7.17.